The molecular formula is C25H18FN7. The molecule has 160 valence electrons. The Kier molecular flexibility index (Phi) is 4.26. The van der Waals surface area contributed by atoms with E-state index in [4.69, 9.17) is 0 Å². The molecule has 0 spiro atoms. The maximum atomic E-state index is 14.1. The Labute approximate surface area is 187 Å². The molecule has 7 nitrogen and oxygen atoms in total. The Morgan fingerprint density at radius 2 is 1.82 bits per heavy atom. The molecule has 6 aromatic rings. The van der Waals surface area contributed by atoms with Crippen molar-refractivity contribution in [2.45, 2.75) is 13.8 Å². The highest BCUT2D eigenvalue weighted by Crippen LogP contribution is 2.32. The van der Waals surface area contributed by atoms with Crippen molar-refractivity contribution in [3.63, 3.8) is 0 Å². The fraction of sp³-hybridized carbons (Fsp3) is 0.0800. The molecule has 0 aliphatic rings. The van der Waals surface area contributed by atoms with Gasteiger partial charge in [0, 0.05) is 35.1 Å². The first kappa shape index (κ1) is 19.2. The Bertz CT molecular complexity index is 1640. The van der Waals surface area contributed by atoms with Gasteiger partial charge in [0.2, 0.25) is 0 Å². The second-order valence-corrected chi connectivity index (χ2v) is 8.04. The van der Waals surface area contributed by atoms with Crippen LogP contribution in [0, 0.1) is 19.7 Å². The monoisotopic (exact) mass is 435 g/mol. The Morgan fingerprint density at radius 3 is 2.67 bits per heavy atom. The fourth-order valence-electron chi connectivity index (χ4n) is 4.13. The molecule has 0 amide bonds. The van der Waals surface area contributed by atoms with Crippen molar-refractivity contribution < 1.29 is 4.39 Å². The van der Waals surface area contributed by atoms with Crippen LogP contribution in [0.15, 0.2) is 61.2 Å². The van der Waals surface area contributed by atoms with Gasteiger partial charge in [-0.3, -0.25) is 15.1 Å². The van der Waals surface area contributed by atoms with Crippen LogP contribution in [0.5, 0.6) is 0 Å². The maximum absolute atomic E-state index is 14.1. The van der Waals surface area contributed by atoms with Crippen LogP contribution in [0.25, 0.3) is 56.0 Å². The first-order valence-corrected chi connectivity index (χ1v) is 10.4. The van der Waals surface area contributed by atoms with E-state index in [1.807, 2.05) is 44.3 Å². The van der Waals surface area contributed by atoms with E-state index in [2.05, 4.69) is 35.1 Å². The lowest BCUT2D eigenvalue weighted by Crippen LogP contribution is -1.89. The zero-order chi connectivity index (χ0) is 22.5. The number of fused-ring (bicyclic) bond motifs is 2. The summed E-state index contributed by atoms with van der Waals surface area (Å²) in [7, 11) is 0. The van der Waals surface area contributed by atoms with E-state index in [0.717, 1.165) is 49.9 Å². The van der Waals surface area contributed by atoms with Crippen molar-refractivity contribution in [2.24, 2.45) is 0 Å². The fourth-order valence-corrected chi connectivity index (χ4v) is 4.13. The van der Waals surface area contributed by atoms with Crippen LogP contribution in [-0.2, 0) is 0 Å². The minimum Gasteiger partial charge on any atom is -0.335 e. The van der Waals surface area contributed by atoms with Gasteiger partial charge in [-0.25, -0.2) is 14.4 Å². The number of imidazole rings is 1. The first-order chi connectivity index (χ1) is 16.1. The van der Waals surface area contributed by atoms with E-state index >= 15 is 0 Å². The number of nitrogens with one attached hydrogen (secondary N) is 2. The number of halogens is 1. The minimum atomic E-state index is -0.279. The number of aromatic amines is 2. The van der Waals surface area contributed by atoms with Gasteiger partial charge in [0.1, 0.15) is 11.5 Å². The van der Waals surface area contributed by atoms with E-state index in [0.29, 0.717) is 17.2 Å². The molecule has 0 fully saturated rings. The molecule has 8 heteroatoms. The number of aryl methyl sites for hydroxylation is 2. The molecule has 0 radical (unpaired) electrons. The first-order valence-electron chi connectivity index (χ1n) is 10.4. The summed E-state index contributed by atoms with van der Waals surface area (Å²) in [6, 6.07) is 10.8. The van der Waals surface area contributed by atoms with E-state index in [1.54, 1.807) is 18.6 Å². The van der Waals surface area contributed by atoms with Gasteiger partial charge in [-0.1, -0.05) is 6.07 Å². The summed E-state index contributed by atoms with van der Waals surface area (Å²) in [5, 5.41) is 8.39. The largest absolute Gasteiger partial charge is 0.335 e. The maximum Gasteiger partial charge on any atom is 0.178 e. The lowest BCUT2D eigenvalue weighted by atomic mass is 10.0. The Morgan fingerprint density at radius 1 is 0.909 bits per heavy atom. The number of rotatable bonds is 3. The van der Waals surface area contributed by atoms with Crippen LogP contribution >= 0.6 is 0 Å². The number of hydrogen-bond acceptors (Lipinski definition) is 5. The normalized spacial score (nSPS) is 11.5. The number of hydrogen-bond donors (Lipinski definition) is 2. The predicted octanol–water partition coefficient (Wildman–Crippen LogP) is 5.38. The minimum absolute atomic E-state index is 0.279. The van der Waals surface area contributed by atoms with Crippen molar-refractivity contribution in [1.29, 1.82) is 0 Å². The highest BCUT2D eigenvalue weighted by molar-refractivity contribution is 5.96. The third-order valence-corrected chi connectivity index (χ3v) is 5.73. The van der Waals surface area contributed by atoms with Crippen molar-refractivity contribution in [3.8, 4) is 33.9 Å². The van der Waals surface area contributed by atoms with Crippen molar-refractivity contribution in [1.82, 2.24) is 35.1 Å². The molecule has 0 aliphatic carbocycles. The second-order valence-electron chi connectivity index (χ2n) is 8.04. The lowest BCUT2D eigenvalue weighted by Gasteiger charge is -2.05. The highest BCUT2D eigenvalue weighted by atomic mass is 19.1. The summed E-state index contributed by atoms with van der Waals surface area (Å²) in [5.74, 6) is 0.295. The predicted molar refractivity (Wildman–Crippen MR) is 125 cm³/mol. The van der Waals surface area contributed by atoms with Crippen molar-refractivity contribution >= 4 is 22.1 Å². The molecule has 5 aromatic heterocycles. The van der Waals surface area contributed by atoms with Crippen LogP contribution in [-0.4, -0.2) is 35.1 Å². The molecule has 6 rings (SSSR count). The van der Waals surface area contributed by atoms with Gasteiger partial charge in [-0.2, -0.15) is 5.10 Å². The molecule has 0 saturated heterocycles. The molecule has 1 aromatic carbocycles. The second kappa shape index (κ2) is 7.30. The number of H-pyrrole nitrogens is 2. The van der Waals surface area contributed by atoms with E-state index in [9.17, 15) is 4.39 Å². The third kappa shape index (κ3) is 3.23. The van der Waals surface area contributed by atoms with Gasteiger partial charge < -0.3 is 4.98 Å². The van der Waals surface area contributed by atoms with Gasteiger partial charge in [-0.15, -0.1) is 0 Å². The molecule has 0 bridgehead atoms. The quantitative estimate of drug-likeness (QED) is 0.389. The van der Waals surface area contributed by atoms with Gasteiger partial charge in [0.25, 0.3) is 0 Å². The van der Waals surface area contributed by atoms with Gasteiger partial charge in [-0.05, 0) is 60.9 Å². The Hall–Kier alpha value is -4.46. The van der Waals surface area contributed by atoms with Crippen LogP contribution in [0.2, 0.25) is 0 Å². The zero-order valence-corrected chi connectivity index (χ0v) is 17.9. The third-order valence-electron chi connectivity index (χ3n) is 5.73. The SMILES string of the molecule is Cc1cc(F)cc(-c2ccnc3nc(-c4n[nH]c5cnc(-c6cnccc6C)cc45)[nH]c23)c1. The van der Waals surface area contributed by atoms with E-state index in [-0.39, 0.29) is 5.82 Å². The van der Waals surface area contributed by atoms with Gasteiger partial charge >= 0.3 is 0 Å². The molecule has 0 unspecified atom stereocenters. The molecule has 0 atom stereocenters. The number of pyridine rings is 3. The molecule has 33 heavy (non-hydrogen) atoms. The standard InChI is InChI=1S/C25H18FN7/c1-13-7-15(9-16(26)8-13)17-4-6-28-24-22(17)30-25(31-24)23-18-10-20(29-12-21(18)32-33-23)19-11-27-5-3-14(19)2/h3-12H,1-2H3,(H,32,33)(H,28,30,31). The summed E-state index contributed by atoms with van der Waals surface area (Å²) in [6.45, 7) is 3.90. The van der Waals surface area contributed by atoms with Crippen LogP contribution in [0.1, 0.15) is 11.1 Å². The van der Waals surface area contributed by atoms with Crippen LogP contribution in [0.3, 0.4) is 0 Å². The molecule has 5 heterocycles. The molecule has 0 saturated carbocycles. The topological polar surface area (TPSA) is 96.0 Å². The average molecular weight is 435 g/mol. The number of benzene rings is 1. The van der Waals surface area contributed by atoms with Crippen LogP contribution in [0.4, 0.5) is 4.39 Å². The number of nitrogens with zero attached hydrogens (tertiary/aromatic N) is 5. The smallest absolute Gasteiger partial charge is 0.178 e. The average Bonchev–Trinajstić information content (AvgIpc) is 3.42. The number of aromatic nitrogens is 7. The highest BCUT2D eigenvalue weighted by Gasteiger charge is 2.17. The summed E-state index contributed by atoms with van der Waals surface area (Å²) in [4.78, 5) is 21.2. The van der Waals surface area contributed by atoms with E-state index in [1.165, 1.54) is 12.1 Å². The zero-order valence-electron chi connectivity index (χ0n) is 17.9. The lowest BCUT2D eigenvalue weighted by molar-refractivity contribution is 0.627. The summed E-state index contributed by atoms with van der Waals surface area (Å²) < 4.78 is 14.1. The molecule has 0 aliphatic heterocycles. The van der Waals surface area contributed by atoms with Crippen molar-refractivity contribution in [3.05, 3.63) is 78.1 Å². The van der Waals surface area contributed by atoms with Crippen molar-refractivity contribution in [2.75, 3.05) is 0 Å². The summed E-state index contributed by atoms with van der Waals surface area (Å²) in [6.07, 6.45) is 7.01. The van der Waals surface area contributed by atoms with Crippen LogP contribution < -0.4 is 0 Å². The Balaban J connectivity index is 1.52. The molecule has 2 N–H and O–H groups in total. The van der Waals surface area contributed by atoms with Gasteiger partial charge in [0.15, 0.2) is 11.5 Å². The molecular weight excluding hydrogens is 417 g/mol. The van der Waals surface area contributed by atoms with Gasteiger partial charge in [0.05, 0.1) is 22.9 Å². The summed E-state index contributed by atoms with van der Waals surface area (Å²) >= 11 is 0. The summed E-state index contributed by atoms with van der Waals surface area (Å²) in [5.41, 5.74) is 8.02. The van der Waals surface area contributed by atoms with E-state index < -0.39 is 0 Å².